The fourth-order valence-electron chi connectivity index (χ4n) is 3.79. The second kappa shape index (κ2) is 9.58. The molecule has 1 amide bonds. The van der Waals surface area contributed by atoms with Crippen molar-refractivity contribution in [2.45, 2.75) is 42.2 Å². The summed E-state index contributed by atoms with van der Waals surface area (Å²) in [4.78, 5) is 12.3. The van der Waals surface area contributed by atoms with Gasteiger partial charge in [0.15, 0.2) is 27.3 Å². The Morgan fingerprint density at radius 1 is 1.06 bits per heavy atom. The van der Waals surface area contributed by atoms with Crippen LogP contribution in [0.2, 0.25) is 5.02 Å². The van der Waals surface area contributed by atoms with Crippen molar-refractivity contribution in [2.75, 3.05) is 11.9 Å². The van der Waals surface area contributed by atoms with Gasteiger partial charge in [0.2, 0.25) is 0 Å². The van der Waals surface area contributed by atoms with Gasteiger partial charge in [-0.15, -0.1) is 0 Å². The van der Waals surface area contributed by atoms with Gasteiger partial charge in [0.1, 0.15) is 0 Å². The van der Waals surface area contributed by atoms with E-state index >= 15 is 0 Å². The third-order valence-corrected chi connectivity index (χ3v) is 8.25. The highest BCUT2D eigenvalue weighted by Gasteiger charge is 2.33. The molecule has 0 saturated heterocycles. The van der Waals surface area contributed by atoms with Crippen molar-refractivity contribution in [3.8, 4) is 0 Å². The maximum atomic E-state index is 13.4. The maximum absolute atomic E-state index is 13.4. The van der Waals surface area contributed by atoms with Crippen LogP contribution >= 0.6 is 11.6 Å². The largest absolute Gasteiger partial charge is 0.396 e. The van der Waals surface area contributed by atoms with Crippen LogP contribution in [0, 0.1) is 23.4 Å². The Kier molecular flexibility index (Phi) is 7.28. The van der Waals surface area contributed by atoms with Crippen LogP contribution in [0.15, 0.2) is 35.2 Å². The fourth-order valence-corrected chi connectivity index (χ4v) is 6.11. The van der Waals surface area contributed by atoms with Crippen molar-refractivity contribution in [1.29, 1.82) is 0 Å². The Labute approximate surface area is 183 Å². The number of aliphatic hydroxyl groups is 1. The molecule has 31 heavy (non-hydrogen) atoms. The summed E-state index contributed by atoms with van der Waals surface area (Å²) in [5, 5.41) is 10.6. The number of amides is 1. The van der Waals surface area contributed by atoms with Crippen molar-refractivity contribution >= 4 is 33.0 Å². The number of hydrogen-bond donors (Lipinski definition) is 2. The van der Waals surface area contributed by atoms with Crippen LogP contribution in [-0.4, -0.2) is 31.3 Å². The van der Waals surface area contributed by atoms with Gasteiger partial charge in [-0.1, -0.05) is 11.6 Å². The Balaban J connectivity index is 1.82. The normalized spacial score (nSPS) is 19.3. The van der Waals surface area contributed by atoms with Gasteiger partial charge in [-0.3, -0.25) is 4.79 Å². The van der Waals surface area contributed by atoms with E-state index < -0.39 is 38.4 Å². The first-order chi connectivity index (χ1) is 14.6. The second-order valence-electron chi connectivity index (χ2n) is 7.55. The highest BCUT2D eigenvalue weighted by atomic mass is 35.5. The fraction of sp³-hybridized carbons (Fsp3) is 0.381. The number of sulfone groups is 1. The average molecular weight is 476 g/mol. The van der Waals surface area contributed by atoms with Crippen LogP contribution in [0.5, 0.6) is 0 Å². The molecule has 1 aliphatic carbocycles. The Morgan fingerprint density at radius 3 is 2.26 bits per heavy atom. The molecule has 0 unspecified atom stereocenters. The van der Waals surface area contributed by atoms with Crippen molar-refractivity contribution in [1.82, 2.24) is 0 Å². The van der Waals surface area contributed by atoms with Crippen LogP contribution in [-0.2, 0) is 9.84 Å². The van der Waals surface area contributed by atoms with E-state index in [2.05, 4.69) is 5.32 Å². The lowest BCUT2D eigenvalue weighted by Crippen LogP contribution is -2.28. The molecule has 1 aliphatic rings. The molecule has 0 heterocycles. The third kappa shape index (κ3) is 5.22. The summed E-state index contributed by atoms with van der Waals surface area (Å²) in [7, 11) is -3.82. The van der Waals surface area contributed by atoms with Gasteiger partial charge in [-0.2, -0.15) is 0 Å². The number of hydrogen-bond acceptors (Lipinski definition) is 4. The topological polar surface area (TPSA) is 83.5 Å². The molecule has 0 aliphatic heterocycles. The molecule has 3 rings (SSSR count). The lowest BCUT2D eigenvalue weighted by atomic mass is 9.87. The van der Waals surface area contributed by atoms with Crippen molar-refractivity contribution in [3.63, 3.8) is 0 Å². The molecule has 2 aromatic carbocycles. The van der Waals surface area contributed by atoms with Gasteiger partial charge in [0, 0.05) is 30.0 Å². The summed E-state index contributed by atoms with van der Waals surface area (Å²) in [6.07, 6.45) is 2.82. The van der Waals surface area contributed by atoms with E-state index in [0.29, 0.717) is 44.2 Å². The summed E-state index contributed by atoms with van der Waals surface area (Å²) in [6.45, 7) is 0.0624. The van der Waals surface area contributed by atoms with E-state index in [1.54, 1.807) is 0 Å². The molecule has 0 aromatic heterocycles. The number of carbonyl (C=O) groups is 1. The zero-order valence-corrected chi connectivity index (χ0v) is 17.9. The van der Waals surface area contributed by atoms with Crippen LogP contribution in [0.4, 0.5) is 18.9 Å². The molecule has 0 spiro atoms. The molecular formula is C21H21ClF3NO4S. The van der Waals surface area contributed by atoms with Crippen molar-refractivity contribution < 1.29 is 31.5 Å². The molecule has 0 bridgehead atoms. The first-order valence-corrected chi connectivity index (χ1v) is 11.7. The van der Waals surface area contributed by atoms with E-state index in [9.17, 15) is 26.4 Å². The van der Waals surface area contributed by atoms with E-state index in [4.69, 9.17) is 16.7 Å². The van der Waals surface area contributed by atoms with Gasteiger partial charge < -0.3 is 10.4 Å². The Bertz CT molecular complexity index is 1060. The van der Waals surface area contributed by atoms with Crippen LogP contribution < -0.4 is 5.32 Å². The summed E-state index contributed by atoms with van der Waals surface area (Å²) in [5.74, 6) is -5.14. The van der Waals surface area contributed by atoms with Gasteiger partial charge in [0.05, 0.1) is 15.2 Å². The quantitative estimate of drug-likeness (QED) is 0.592. The van der Waals surface area contributed by atoms with Gasteiger partial charge in [-0.05, 0) is 56.2 Å². The summed E-state index contributed by atoms with van der Waals surface area (Å²) in [6, 6.07) is 4.92. The molecule has 1 saturated carbocycles. The highest BCUT2D eigenvalue weighted by Crippen LogP contribution is 2.35. The molecule has 1 fully saturated rings. The second-order valence-corrected chi connectivity index (χ2v) is 10.2. The number of anilines is 1. The highest BCUT2D eigenvalue weighted by molar-refractivity contribution is 7.92. The zero-order valence-electron chi connectivity index (χ0n) is 16.4. The number of rotatable bonds is 6. The number of carbonyl (C=O) groups excluding carboxylic acids is 1. The van der Waals surface area contributed by atoms with E-state index in [1.807, 2.05) is 0 Å². The third-order valence-electron chi connectivity index (χ3n) is 5.51. The minimum Gasteiger partial charge on any atom is -0.396 e. The molecular weight excluding hydrogens is 455 g/mol. The van der Waals surface area contributed by atoms with Crippen molar-refractivity contribution in [3.05, 3.63) is 58.4 Å². The van der Waals surface area contributed by atoms with E-state index in [0.717, 1.165) is 6.07 Å². The predicted octanol–water partition coefficient (Wildman–Crippen LogP) is 4.72. The standard InChI is InChI=1S/C21H21ClF3NO4S/c22-16-6-3-13(21(28)26-14-10-17(23)20(25)18(24)11-14)9-19(16)31(29,30)15-4-1-12(2-5-15)7-8-27/h3,6,9-12,15,27H,1-2,4-5,7-8H2,(H,26,28). The minimum absolute atomic E-state index is 0.0343. The monoisotopic (exact) mass is 475 g/mol. The minimum atomic E-state index is -3.82. The average Bonchev–Trinajstić information content (AvgIpc) is 2.72. The van der Waals surface area contributed by atoms with Gasteiger partial charge >= 0.3 is 0 Å². The van der Waals surface area contributed by atoms with Crippen molar-refractivity contribution in [2.24, 2.45) is 5.92 Å². The molecule has 10 heteroatoms. The van der Waals surface area contributed by atoms with Gasteiger partial charge in [0.25, 0.3) is 5.91 Å². The Hall–Kier alpha value is -2.10. The summed E-state index contributed by atoms with van der Waals surface area (Å²) in [5.41, 5.74) is -0.398. The van der Waals surface area contributed by atoms with E-state index in [1.165, 1.54) is 12.1 Å². The van der Waals surface area contributed by atoms with Gasteiger partial charge in [-0.25, -0.2) is 21.6 Å². The summed E-state index contributed by atoms with van der Waals surface area (Å²) >= 11 is 6.12. The molecule has 0 atom stereocenters. The number of benzene rings is 2. The van der Waals surface area contributed by atoms with E-state index in [-0.39, 0.29) is 33.7 Å². The van der Waals surface area contributed by atoms with Crippen LogP contribution in [0.1, 0.15) is 42.5 Å². The lowest BCUT2D eigenvalue weighted by molar-refractivity contribution is 0.102. The maximum Gasteiger partial charge on any atom is 0.255 e. The summed E-state index contributed by atoms with van der Waals surface area (Å²) < 4.78 is 66.1. The molecule has 2 aromatic rings. The molecule has 168 valence electrons. The first-order valence-electron chi connectivity index (χ1n) is 9.73. The number of nitrogens with one attached hydrogen (secondary N) is 1. The molecule has 5 nitrogen and oxygen atoms in total. The zero-order chi connectivity index (χ0) is 22.8. The SMILES string of the molecule is O=C(Nc1cc(F)c(F)c(F)c1)c1ccc(Cl)c(S(=O)(=O)C2CCC(CCO)CC2)c1. The Morgan fingerprint density at radius 2 is 1.68 bits per heavy atom. The lowest BCUT2D eigenvalue weighted by Gasteiger charge is -2.28. The smallest absolute Gasteiger partial charge is 0.255 e. The predicted molar refractivity (Wildman–Crippen MR) is 110 cm³/mol. The van der Waals surface area contributed by atoms with Crippen LogP contribution in [0.3, 0.4) is 0 Å². The number of halogens is 4. The molecule has 0 radical (unpaired) electrons. The molecule has 2 N–H and O–H groups in total. The number of aliphatic hydroxyl groups excluding tert-OH is 1. The van der Waals surface area contributed by atoms with Crippen LogP contribution in [0.25, 0.3) is 0 Å². The first kappa shape index (κ1) is 23.6.